The lowest BCUT2D eigenvalue weighted by atomic mass is 9.97. The Bertz CT molecular complexity index is 524. The van der Waals surface area contributed by atoms with Gasteiger partial charge in [-0.2, -0.15) is 0 Å². The molecule has 0 aliphatic carbocycles. The molecule has 1 nitrogen and oxygen atoms in total. The molecular weight excluding hydrogens is 254 g/mol. The number of piperidine rings is 1. The fourth-order valence-corrected chi connectivity index (χ4v) is 3.00. The third kappa shape index (κ3) is 3.83. The van der Waals surface area contributed by atoms with Crippen molar-refractivity contribution in [2.75, 3.05) is 19.6 Å². The Morgan fingerprint density at radius 2 is 1.29 bits per heavy atom. The monoisotopic (exact) mass is 277 g/mol. The first-order valence-electron chi connectivity index (χ1n) is 7.97. The van der Waals surface area contributed by atoms with E-state index in [9.17, 15) is 0 Å². The fraction of sp³-hybridized carbons (Fsp3) is 0.300. The summed E-state index contributed by atoms with van der Waals surface area (Å²) >= 11 is 0. The maximum Gasteiger partial charge on any atom is 0.0172 e. The fourth-order valence-electron chi connectivity index (χ4n) is 3.00. The van der Waals surface area contributed by atoms with Crippen molar-refractivity contribution in [2.24, 2.45) is 0 Å². The van der Waals surface area contributed by atoms with Crippen LogP contribution >= 0.6 is 0 Å². The standard InChI is InChI=1S/C20H23N/c1-4-10-18(11-5-1)20(19-12-6-2-7-13-19)14-17-21-15-8-3-9-16-21/h1-2,4-7,10-14H,3,8-9,15-17H2. The zero-order chi connectivity index (χ0) is 14.3. The average molecular weight is 277 g/mol. The molecule has 1 saturated heterocycles. The van der Waals surface area contributed by atoms with E-state index in [0.29, 0.717) is 0 Å². The Morgan fingerprint density at radius 1 is 0.762 bits per heavy atom. The number of hydrogen-bond donors (Lipinski definition) is 0. The van der Waals surface area contributed by atoms with Crippen molar-refractivity contribution in [3.8, 4) is 0 Å². The molecule has 108 valence electrons. The van der Waals surface area contributed by atoms with Crippen LogP contribution in [0, 0.1) is 0 Å². The first-order chi connectivity index (χ1) is 10.4. The van der Waals surface area contributed by atoms with Gasteiger partial charge in [-0.05, 0) is 42.6 Å². The van der Waals surface area contributed by atoms with Crippen LogP contribution in [0.4, 0.5) is 0 Å². The molecule has 1 fully saturated rings. The van der Waals surface area contributed by atoms with Gasteiger partial charge in [0.15, 0.2) is 0 Å². The van der Waals surface area contributed by atoms with E-state index in [-0.39, 0.29) is 0 Å². The summed E-state index contributed by atoms with van der Waals surface area (Å²) in [6, 6.07) is 21.4. The van der Waals surface area contributed by atoms with Crippen molar-refractivity contribution in [1.29, 1.82) is 0 Å². The van der Waals surface area contributed by atoms with Crippen LogP contribution in [-0.4, -0.2) is 24.5 Å². The third-order valence-electron chi connectivity index (χ3n) is 4.17. The Labute approximate surface area is 127 Å². The Morgan fingerprint density at radius 3 is 1.81 bits per heavy atom. The molecule has 0 radical (unpaired) electrons. The molecule has 3 rings (SSSR count). The van der Waals surface area contributed by atoms with Gasteiger partial charge >= 0.3 is 0 Å². The lowest BCUT2D eigenvalue weighted by Crippen LogP contribution is -2.29. The van der Waals surface area contributed by atoms with Crippen LogP contribution in [0.2, 0.25) is 0 Å². The van der Waals surface area contributed by atoms with Crippen molar-refractivity contribution in [3.63, 3.8) is 0 Å². The highest BCUT2D eigenvalue weighted by Gasteiger charge is 2.10. The number of hydrogen-bond acceptors (Lipinski definition) is 1. The van der Waals surface area contributed by atoms with Gasteiger partial charge in [0, 0.05) is 6.54 Å². The highest BCUT2D eigenvalue weighted by Crippen LogP contribution is 2.23. The summed E-state index contributed by atoms with van der Waals surface area (Å²) in [7, 11) is 0. The molecule has 1 heteroatoms. The van der Waals surface area contributed by atoms with Crippen molar-refractivity contribution < 1.29 is 0 Å². The van der Waals surface area contributed by atoms with Gasteiger partial charge in [-0.1, -0.05) is 73.2 Å². The van der Waals surface area contributed by atoms with Gasteiger partial charge in [-0.25, -0.2) is 0 Å². The molecule has 21 heavy (non-hydrogen) atoms. The first-order valence-corrected chi connectivity index (χ1v) is 7.97. The molecular formula is C20H23N. The summed E-state index contributed by atoms with van der Waals surface area (Å²) in [5, 5.41) is 0. The summed E-state index contributed by atoms with van der Waals surface area (Å²) in [5.74, 6) is 0. The van der Waals surface area contributed by atoms with E-state index in [1.54, 1.807) is 0 Å². The van der Waals surface area contributed by atoms with Crippen LogP contribution in [0.5, 0.6) is 0 Å². The van der Waals surface area contributed by atoms with E-state index >= 15 is 0 Å². The molecule has 0 saturated carbocycles. The maximum absolute atomic E-state index is 2.56. The smallest absolute Gasteiger partial charge is 0.0172 e. The van der Waals surface area contributed by atoms with Crippen molar-refractivity contribution in [3.05, 3.63) is 77.9 Å². The van der Waals surface area contributed by atoms with Gasteiger partial charge < -0.3 is 0 Å². The van der Waals surface area contributed by atoms with E-state index in [4.69, 9.17) is 0 Å². The summed E-state index contributed by atoms with van der Waals surface area (Å²) in [4.78, 5) is 2.56. The number of nitrogens with zero attached hydrogens (tertiary/aromatic N) is 1. The predicted molar refractivity (Wildman–Crippen MR) is 90.3 cm³/mol. The summed E-state index contributed by atoms with van der Waals surface area (Å²) in [5.41, 5.74) is 3.96. The van der Waals surface area contributed by atoms with Gasteiger partial charge in [-0.15, -0.1) is 0 Å². The average Bonchev–Trinajstić information content (AvgIpc) is 2.58. The van der Waals surface area contributed by atoms with Crippen LogP contribution in [0.25, 0.3) is 5.57 Å². The number of rotatable bonds is 4. The van der Waals surface area contributed by atoms with Crippen molar-refractivity contribution in [1.82, 2.24) is 4.90 Å². The van der Waals surface area contributed by atoms with Gasteiger partial charge in [-0.3, -0.25) is 4.90 Å². The minimum atomic E-state index is 1.05. The molecule has 1 aliphatic rings. The highest BCUT2D eigenvalue weighted by molar-refractivity contribution is 5.79. The molecule has 0 N–H and O–H groups in total. The minimum Gasteiger partial charge on any atom is -0.300 e. The Hall–Kier alpha value is -1.86. The summed E-state index contributed by atoms with van der Waals surface area (Å²) < 4.78 is 0. The van der Waals surface area contributed by atoms with Crippen LogP contribution < -0.4 is 0 Å². The zero-order valence-corrected chi connectivity index (χ0v) is 12.5. The summed E-state index contributed by atoms with van der Waals surface area (Å²) in [6.07, 6.45) is 6.49. The zero-order valence-electron chi connectivity index (χ0n) is 12.5. The maximum atomic E-state index is 2.56. The molecule has 1 aliphatic heterocycles. The Kier molecular flexibility index (Phi) is 4.86. The van der Waals surface area contributed by atoms with E-state index in [0.717, 1.165) is 6.54 Å². The highest BCUT2D eigenvalue weighted by atomic mass is 15.1. The van der Waals surface area contributed by atoms with Crippen molar-refractivity contribution >= 4 is 5.57 Å². The number of benzene rings is 2. The van der Waals surface area contributed by atoms with Gasteiger partial charge in [0.1, 0.15) is 0 Å². The number of likely N-dealkylation sites (tertiary alicyclic amines) is 1. The second-order valence-electron chi connectivity index (χ2n) is 5.71. The van der Waals surface area contributed by atoms with Gasteiger partial charge in [0.05, 0.1) is 0 Å². The Balaban J connectivity index is 1.85. The molecule has 1 heterocycles. The van der Waals surface area contributed by atoms with Crippen LogP contribution in [0.3, 0.4) is 0 Å². The molecule has 0 atom stereocenters. The van der Waals surface area contributed by atoms with Gasteiger partial charge in [0.2, 0.25) is 0 Å². The summed E-state index contributed by atoms with van der Waals surface area (Å²) in [6.45, 7) is 3.54. The molecule has 0 amide bonds. The topological polar surface area (TPSA) is 3.24 Å². The second-order valence-corrected chi connectivity index (χ2v) is 5.71. The van der Waals surface area contributed by atoms with Crippen molar-refractivity contribution in [2.45, 2.75) is 19.3 Å². The molecule has 0 unspecified atom stereocenters. The lowest BCUT2D eigenvalue weighted by Gasteiger charge is -2.25. The second kappa shape index (κ2) is 7.24. The predicted octanol–water partition coefficient (Wildman–Crippen LogP) is 4.60. The third-order valence-corrected chi connectivity index (χ3v) is 4.17. The molecule has 0 spiro atoms. The van der Waals surface area contributed by atoms with Crippen LogP contribution in [0.1, 0.15) is 30.4 Å². The minimum absolute atomic E-state index is 1.05. The van der Waals surface area contributed by atoms with E-state index in [1.165, 1.54) is 49.1 Å². The normalized spacial score (nSPS) is 15.6. The molecule has 0 bridgehead atoms. The van der Waals surface area contributed by atoms with Crippen LogP contribution in [0.15, 0.2) is 66.7 Å². The molecule has 2 aromatic rings. The van der Waals surface area contributed by atoms with E-state index in [2.05, 4.69) is 71.6 Å². The van der Waals surface area contributed by atoms with Crippen LogP contribution in [-0.2, 0) is 0 Å². The van der Waals surface area contributed by atoms with E-state index in [1.807, 2.05) is 0 Å². The molecule has 2 aromatic carbocycles. The van der Waals surface area contributed by atoms with E-state index < -0.39 is 0 Å². The molecule has 0 aromatic heterocycles. The first kappa shape index (κ1) is 14.1. The largest absolute Gasteiger partial charge is 0.300 e. The SMILES string of the molecule is C(CN1CCCCC1)=C(c1ccccc1)c1ccccc1. The quantitative estimate of drug-likeness (QED) is 0.789. The van der Waals surface area contributed by atoms with Gasteiger partial charge in [0.25, 0.3) is 0 Å². The lowest BCUT2D eigenvalue weighted by molar-refractivity contribution is 0.252.